The highest BCUT2D eigenvalue weighted by Gasteiger charge is 2.27. The molecule has 0 unspecified atom stereocenters. The maximum Gasteiger partial charge on any atom is 0.228 e. The first kappa shape index (κ1) is 21.3. The van der Waals surface area contributed by atoms with Crippen molar-refractivity contribution in [2.45, 2.75) is 57.4 Å². The molecule has 2 heterocycles. The Morgan fingerprint density at radius 3 is 2.57 bits per heavy atom. The lowest BCUT2D eigenvalue weighted by atomic mass is 9.88. The van der Waals surface area contributed by atoms with Crippen LogP contribution in [0, 0.1) is 5.92 Å². The number of thiazole rings is 1. The molecule has 2 aliphatic rings. The summed E-state index contributed by atoms with van der Waals surface area (Å²) in [6, 6.07) is 7.81. The molecule has 0 bridgehead atoms. The predicted molar refractivity (Wildman–Crippen MR) is 121 cm³/mol. The molecule has 4 rings (SSSR count). The average Bonchev–Trinajstić information content (AvgIpc) is 3.23. The van der Waals surface area contributed by atoms with Gasteiger partial charge in [0.1, 0.15) is 5.01 Å². The van der Waals surface area contributed by atoms with Crippen LogP contribution in [-0.2, 0) is 16.0 Å². The van der Waals surface area contributed by atoms with Crippen LogP contribution in [0.5, 0.6) is 0 Å². The van der Waals surface area contributed by atoms with Gasteiger partial charge in [0.15, 0.2) is 0 Å². The summed E-state index contributed by atoms with van der Waals surface area (Å²) < 4.78 is 0. The Kier molecular flexibility index (Phi) is 7.05. The minimum atomic E-state index is 0.100. The number of hydrogen-bond acceptors (Lipinski definition) is 4. The summed E-state index contributed by atoms with van der Waals surface area (Å²) in [6.07, 6.45) is 7.58. The van der Waals surface area contributed by atoms with Crippen molar-refractivity contribution in [1.29, 1.82) is 0 Å². The van der Waals surface area contributed by atoms with E-state index < -0.39 is 0 Å². The Bertz CT molecular complexity index is 886. The quantitative estimate of drug-likeness (QED) is 0.725. The SMILES string of the molecule is O=C(NC1CCN(C(=O)Cc2csc(-c3ccccc3Cl)n2)CC1)C1CCCCC1. The summed E-state index contributed by atoms with van der Waals surface area (Å²) in [5.74, 6) is 0.507. The van der Waals surface area contributed by atoms with E-state index in [0.717, 1.165) is 41.9 Å². The number of nitrogens with zero attached hydrogens (tertiary/aromatic N) is 2. The highest BCUT2D eigenvalue weighted by molar-refractivity contribution is 7.13. The molecule has 1 N–H and O–H groups in total. The zero-order valence-corrected chi connectivity index (χ0v) is 18.7. The molecule has 7 heteroatoms. The van der Waals surface area contributed by atoms with E-state index in [2.05, 4.69) is 10.3 Å². The van der Waals surface area contributed by atoms with E-state index in [4.69, 9.17) is 11.6 Å². The van der Waals surface area contributed by atoms with Crippen molar-refractivity contribution >= 4 is 34.8 Å². The van der Waals surface area contributed by atoms with Crippen LogP contribution in [0.1, 0.15) is 50.6 Å². The minimum absolute atomic E-state index is 0.100. The lowest BCUT2D eigenvalue weighted by Gasteiger charge is -2.33. The molecule has 0 atom stereocenters. The van der Waals surface area contributed by atoms with Gasteiger partial charge in [-0.25, -0.2) is 4.98 Å². The zero-order valence-electron chi connectivity index (χ0n) is 17.1. The highest BCUT2D eigenvalue weighted by atomic mass is 35.5. The molecule has 30 heavy (non-hydrogen) atoms. The normalized spacial score (nSPS) is 18.4. The average molecular weight is 446 g/mol. The number of aromatic nitrogens is 1. The van der Waals surface area contributed by atoms with Gasteiger partial charge in [-0.15, -0.1) is 11.3 Å². The van der Waals surface area contributed by atoms with Crippen molar-refractivity contribution in [2.75, 3.05) is 13.1 Å². The molecule has 1 aliphatic heterocycles. The van der Waals surface area contributed by atoms with Crippen LogP contribution < -0.4 is 5.32 Å². The summed E-state index contributed by atoms with van der Waals surface area (Å²) in [5, 5.41) is 6.67. The fourth-order valence-electron chi connectivity index (χ4n) is 4.37. The van der Waals surface area contributed by atoms with Gasteiger partial charge in [0.25, 0.3) is 0 Å². The number of carbonyl (C=O) groups is 2. The van der Waals surface area contributed by atoms with Crippen molar-refractivity contribution in [1.82, 2.24) is 15.2 Å². The molecule has 2 aromatic rings. The first-order valence-corrected chi connectivity index (χ1v) is 12.1. The standard InChI is InChI=1S/C23H28ClN3O2S/c24-20-9-5-4-8-19(20)23-26-18(15-30-23)14-21(28)27-12-10-17(11-13-27)25-22(29)16-6-2-1-3-7-16/h4-5,8-9,15-17H,1-3,6-7,10-14H2,(H,25,29). The van der Waals surface area contributed by atoms with Gasteiger partial charge in [-0.2, -0.15) is 0 Å². The Balaban J connectivity index is 1.26. The first-order valence-electron chi connectivity index (χ1n) is 10.9. The van der Waals surface area contributed by atoms with Crippen molar-refractivity contribution in [2.24, 2.45) is 5.92 Å². The summed E-state index contributed by atoms with van der Waals surface area (Å²) in [6.45, 7) is 1.38. The Morgan fingerprint density at radius 1 is 1.10 bits per heavy atom. The van der Waals surface area contributed by atoms with E-state index in [-0.39, 0.29) is 23.8 Å². The fraction of sp³-hybridized carbons (Fsp3) is 0.522. The third kappa shape index (κ3) is 5.22. The Morgan fingerprint density at radius 2 is 1.83 bits per heavy atom. The number of carbonyl (C=O) groups excluding carboxylic acids is 2. The molecule has 0 spiro atoms. The molecule has 2 fully saturated rings. The fourth-order valence-corrected chi connectivity index (χ4v) is 5.51. The summed E-state index contributed by atoms with van der Waals surface area (Å²) >= 11 is 7.77. The third-order valence-corrected chi connectivity index (χ3v) is 7.41. The Labute approximate surface area is 186 Å². The summed E-state index contributed by atoms with van der Waals surface area (Å²) in [7, 11) is 0. The highest BCUT2D eigenvalue weighted by Crippen LogP contribution is 2.30. The van der Waals surface area contributed by atoms with Gasteiger partial charge in [0, 0.05) is 36.0 Å². The van der Waals surface area contributed by atoms with Crippen LogP contribution in [-0.4, -0.2) is 40.8 Å². The molecular formula is C23H28ClN3O2S. The number of likely N-dealkylation sites (tertiary alicyclic amines) is 1. The third-order valence-electron chi connectivity index (χ3n) is 6.16. The van der Waals surface area contributed by atoms with Gasteiger partial charge < -0.3 is 10.2 Å². The van der Waals surface area contributed by atoms with E-state index >= 15 is 0 Å². The maximum atomic E-state index is 12.7. The minimum Gasteiger partial charge on any atom is -0.353 e. The zero-order chi connectivity index (χ0) is 20.9. The molecule has 1 aromatic carbocycles. The van der Waals surface area contributed by atoms with Gasteiger partial charge in [0.2, 0.25) is 11.8 Å². The molecular weight excluding hydrogens is 418 g/mol. The van der Waals surface area contributed by atoms with E-state index in [1.807, 2.05) is 34.5 Å². The van der Waals surface area contributed by atoms with Gasteiger partial charge in [0.05, 0.1) is 17.1 Å². The molecule has 5 nitrogen and oxygen atoms in total. The molecule has 160 valence electrons. The molecule has 1 aromatic heterocycles. The van der Waals surface area contributed by atoms with Crippen LogP contribution in [0.3, 0.4) is 0 Å². The van der Waals surface area contributed by atoms with Crippen LogP contribution in [0.25, 0.3) is 10.6 Å². The second-order valence-electron chi connectivity index (χ2n) is 8.30. The van der Waals surface area contributed by atoms with Crippen LogP contribution in [0.2, 0.25) is 5.02 Å². The monoisotopic (exact) mass is 445 g/mol. The molecule has 0 radical (unpaired) electrons. The molecule has 1 aliphatic carbocycles. The van der Waals surface area contributed by atoms with Crippen LogP contribution >= 0.6 is 22.9 Å². The second-order valence-corrected chi connectivity index (χ2v) is 9.56. The maximum absolute atomic E-state index is 12.7. The lowest BCUT2D eigenvalue weighted by molar-refractivity contribution is -0.132. The largest absolute Gasteiger partial charge is 0.353 e. The predicted octanol–water partition coefficient (Wildman–Crippen LogP) is 4.69. The summed E-state index contributed by atoms with van der Waals surface area (Å²) in [5.41, 5.74) is 1.69. The van der Waals surface area contributed by atoms with E-state index in [0.29, 0.717) is 24.5 Å². The van der Waals surface area contributed by atoms with E-state index in [1.54, 1.807) is 0 Å². The van der Waals surface area contributed by atoms with Crippen LogP contribution in [0.4, 0.5) is 0 Å². The summed E-state index contributed by atoms with van der Waals surface area (Å²) in [4.78, 5) is 31.7. The van der Waals surface area contributed by atoms with Crippen molar-refractivity contribution in [3.63, 3.8) is 0 Å². The van der Waals surface area contributed by atoms with Gasteiger partial charge >= 0.3 is 0 Å². The van der Waals surface area contributed by atoms with Crippen molar-refractivity contribution in [3.8, 4) is 10.6 Å². The van der Waals surface area contributed by atoms with Gasteiger partial charge in [-0.05, 0) is 31.7 Å². The van der Waals surface area contributed by atoms with E-state index in [9.17, 15) is 9.59 Å². The topological polar surface area (TPSA) is 62.3 Å². The number of amides is 2. The van der Waals surface area contributed by atoms with Crippen molar-refractivity contribution < 1.29 is 9.59 Å². The Hall–Kier alpha value is -1.92. The smallest absolute Gasteiger partial charge is 0.228 e. The van der Waals surface area contributed by atoms with Gasteiger partial charge in [-0.3, -0.25) is 9.59 Å². The van der Waals surface area contributed by atoms with E-state index in [1.165, 1.54) is 30.6 Å². The number of piperidine rings is 1. The number of halogens is 1. The number of nitrogens with one attached hydrogen (secondary N) is 1. The van der Waals surface area contributed by atoms with Crippen molar-refractivity contribution in [3.05, 3.63) is 40.4 Å². The first-order chi connectivity index (χ1) is 14.6. The van der Waals surface area contributed by atoms with Crippen LogP contribution in [0.15, 0.2) is 29.6 Å². The number of rotatable bonds is 5. The lowest BCUT2D eigenvalue weighted by Crippen LogP contribution is -2.48. The second kappa shape index (κ2) is 9.92. The molecule has 1 saturated heterocycles. The molecule has 1 saturated carbocycles. The van der Waals surface area contributed by atoms with Gasteiger partial charge in [-0.1, -0.05) is 49.1 Å². The number of hydrogen-bond donors (Lipinski definition) is 1. The molecule has 2 amide bonds. The number of benzene rings is 1.